The highest BCUT2D eigenvalue weighted by Crippen LogP contribution is 2.50. The Morgan fingerprint density at radius 1 is 1.28 bits per heavy atom. The Morgan fingerprint density at radius 2 is 2.06 bits per heavy atom. The molecular formula is C24H33Cl3N2O3. The van der Waals surface area contributed by atoms with Crippen LogP contribution in [0.5, 0.6) is 5.75 Å². The number of fused-ring (bicyclic) bond motifs is 3. The van der Waals surface area contributed by atoms with Gasteiger partial charge in [0.2, 0.25) is 3.79 Å². The van der Waals surface area contributed by atoms with Crippen LogP contribution in [0, 0.1) is 17.3 Å². The number of carbonyl (C=O) groups is 1. The van der Waals surface area contributed by atoms with E-state index in [1.165, 1.54) is 24.0 Å². The first kappa shape index (κ1) is 24.3. The van der Waals surface area contributed by atoms with E-state index in [2.05, 4.69) is 18.3 Å². The molecule has 0 radical (unpaired) electrons. The van der Waals surface area contributed by atoms with Crippen LogP contribution in [0.4, 0.5) is 4.79 Å². The van der Waals surface area contributed by atoms with E-state index in [1.807, 2.05) is 6.07 Å². The second kappa shape index (κ2) is 9.40. The van der Waals surface area contributed by atoms with Crippen molar-refractivity contribution in [1.82, 2.24) is 10.2 Å². The van der Waals surface area contributed by atoms with E-state index in [1.54, 1.807) is 18.0 Å². The van der Waals surface area contributed by atoms with Crippen molar-refractivity contribution in [3.8, 4) is 5.75 Å². The average molecular weight is 504 g/mol. The van der Waals surface area contributed by atoms with Gasteiger partial charge in [-0.05, 0) is 92.0 Å². The summed E-state index contributed by atoms with van der Waals surface area (Å²) in [7, 11) is 1.80. The van der Waals surface area contributed by atoms with Crippen molar-refractivity contribution >= 4 is 40.9 Å². The number of aromatic hydroxyl groups is 1. The molecule has 1 spiro atoms. The number of piperidine rings is 1. The van der Waals surface area contributed by atoms with Crippen LogP contribution >= 0.6 is 34.8 Å². The van der Waals surface area contributed by atoms with Crippen molar-refractivity contribution in [2.45, 2.75) is 67.7 Å². The molecule has 1 aromatic rings. The first-order valence-electron chi connectivity index (χ1n) is 11.6. The molecule has 2 fully saturated rings. The molecule has 178 valence electrons. The number of hydrogen-bond donors (Lipinski definition) is 2. The first-order valence-corrected chi connectivity index (χ1v) is 12.7. The molecule has 4 unspecified atom stereocenters. The van der Waals surface area contributed by atoms with Gasteiger partial charge in [-0.25, -0.2) is 4.79 Å². The molecule has 2 N–H and O–H groups in total. The molecule has 1 saturated carbocycles. The molecular weight excluding hydrogens is 471 g/mol. The second-order valence-electron chi connectivity index (χ2n) is 10.1. The van der Waals surface area contributed by atoms with Gasteiger partial charge in [-0.2, -0.15) is 0 Å². The lowest BCUT2D eigenvalue weighted by atomic mass is 9.66. The monoisotopic (exact) mass is 502 g/mol. The number of amides is 1. The number of alkyl halides is 3. The Bertz CT molecular complexity index is 846. The zero-order chi connectivity index (χ0) is 23.1. The second-order valence-corrected chi connectivity index (χ2v) is 12.6. The average Bonchev–Trinajstić information content (AvgIpc) is 2.83. The van der Waals surface area contributed by atoms with Crippen molar-refractivity contribution in [2.24, 2.45) is 17.3 Å². The fourth-order valence-corrected chi connectivity index (χ4v) is 6.70. The SMILES string of the molecule is C[C@H]1CC23CCCNC2Cc2ccc(O)cc2CC1C(N(C)C(=O)OCC(Cl)(Cl)Cl)CC3. The van der Waals surface area contributed by atoms with Crippen molar-refractivity contribution in [3.05, 3.63) is 29.3 Å². The molecule has 1 aromatic carbocycles. The van der Waals surface area contributed by atoms with Crippen molar-refractivity contribution in [1.29, 1.82) is 0 Å². The minimum absolute atomic E-state index is 0.0168. The normalized spacial score (nSPS) is 32.5. The summed E-state index contributed by atoms with van der Waals surface area (Å²) in [5.41, 5.74) is 2.69. The zero-order valence-corrected chi connectivity index (χ0v) is 21.0. The van der Waals surface area contributed by atoms with Gasteiger partial charge < -0.3 is 20.1 Å². The number of ether oxygens (including phenoxy) is 1. The van der Waals surface area contributed by atoms with Crippen molar-refractivity contribution in [3.63, 3.8) is 0 Å². The molecule has 5 atom stereocenters. The maximum atomic E-state index is 12.9. The smallest absolute Gasteiger partial charge is 0.409 e. The molecule has 0 aromatic heterocycles. The summed E-state index contributed by atoms with van der Waals surface area (Å²) in [5.74, 6) is 0.962. The highest BCUT2D eigenvalue weighted by atomic mass is 35.6. The number of carbonyl (C=O) groups excluding carboxylic acids is 1. The summed E-state index contributed by atoms with van der Waals surface area (Å²) in [5, 5.41) is 14.0. The molecule has 1 aliphatic heterocycles. The van der Waals surface area contributed by atoms with Crippen LogP contribution in [-0.4, -0.2) is 52.2 Å². The Balaban J connectivity index is 1.69. The van der Waals surface area contributed by atoms with Crippen molar-refractivity contribution < 1.29 is 14.6 Å². The van der Waals surface area contributed by atoms with Gasteiger partial charge in [0.25, 0.3) is 0 Å². The summed E-state index contributed by atoms with van der Waals surface area (Å²) < 4.78 is 3.69. The maximum Gasteiger partial charge on any atom is 0.409 e. The number of hydrogen-bond acceptors (Lipinski definition) is 4. The lowest BCUT2D eigenvalue weighted by Gasteiger charge is -2.46. The van der Waals surface area contributed by atoms with Crippen molar-refractivity contribution in [2.75, 3.05) is 20.2 Å². The highest BCUT2D eigenvalue weighted by molar-refractivity contribution is 6.67. The molecule has 2 bridgehead atoms. The summed E-state index contributed by atoms with van der Waals surface area (Å²) in [6, 6.07) is 6.20. The minimum Gasteiger partial charge on any atom is -0.508 e. The van der Waals surface area contributed by atoms with E-state index in [-0.39, 0.29) is 24.0 Å². The predicted octanol–water partition coefficient (Wildman–Crippen LogP) is 5.47. The first-order chi connectivity index (χ1) is 15.1. The molecule has 1 saturated heterocycles. The van der Waals surface area contributed by atoms with Gasteiger partial charge in [0, 0.05) is 19.1 Å². The number of nitrogens with zero attached hydrogens (tertiary/aromatic N) is 1. The van der Waals surface area contributed by atoms with E-state index in [9.17, 15) is 9.90 Å². The summed E-state index contributed by atoms with van der Waals surface area (Å²) in [6.07, 6.45) is 6.88. The third kappa shape index (κ3) is 5.11. The molecule has 32 heavy (non-hydrogen) atoms. The van der Waals surface area contributed by atoms with Crippen LogP contribution in [0.1, 0.15) is 50.2 Å². The lowest BCUT2D eigenvalue weighted by molar-refractivity contribution is 0.0761. The highest BCUT2D eigenvalue weighted by Gasteiger charge is 2.48. The fraction of sp³-hybridized carbons (Fsp3) is 0.708. The maximum absolute atomic E-state index is 12.9. The van der Waals surface area contributed by atoms with E-state index < -0.39 is 9.89 Å². The molecule has 3 aliphatic rings. The third-order valence-corrected chi connectivity index (χ3v) is 8.41. The van der Waals surface area contributed by atoms with E-state index >= 15 is 0 Å². The minimum atomic E-state index is -1.63. The van der Waals surface area contributed by atoms with Crippen LogP contribution < -0.4 is 5.32 Å². The van der Waals surface area contributed by atoms with Gasteiger partial charge >= 0.3 is 6.09 Å². The van der Waals surface area contributed by atoms with Crippen LogP contribution in [0.25, 0.3) is 0 Å². The van der Waals surface area contributed by atoms with Crippen LogP contribution in [0.3, 0.4) is 0 Å². The van der Waals surface area contributed by atoms with Gasteiger partial charge in [-0.15, -0.1) is 0 Å². The van der Waals surface area contributed by atoms with Gasteiger partial charge in [0.05, 0.1) is 0 Å². The third-order valence-electron chi connectivity index (χ3n) is 8.09. The Kier molecular flexibility index (Phi) is 7.13. The number of benzene rings is 1. The molecule has 4 rings (SSSR count). The van der Waals surface area contributed by atoms with Gasteiger partial charge in [0.15, 0.2) is 0 Å². The molecule has 8 heteroatoms. The topological polar surface area (TPSA) is 61.8 Å². The Labute approximate surface area is 205 Å². The number of halogens is 3. The number of phenolic OH excluding ortho intramolecular Hbond substituents is 1. The zero-order valence-electron chi connectivity index (χ0n) is 18.8. The summed E-state index contributed by atoms with van der Waals surface area (Å²) in [4.78, 5) is 14.6. The Hall–Kier alpha value is -0.880. The van der Waals surface area contributed by atoms with Crippen LogP contribution in [-0.2, 0) is 17.6 Å². The Morgan fingerprint density at radius 3 is 2.81 bits per heavy atom. The largest absolute Gasteiger partial charge is 0.508 e. The number of phenols is 1. The standard InChI is InChI=1S/C24H33Cl3N2O3/c1-15-13-23-7-3-9-28-21(23)12-16-4-5-18(30)10-17(16)11-19(15)20(6-8-23)29(2)22(31)32-14-24(25,26)27/h4-5,10,15,19-21,28,30H,3,6-9,11-14H2,1-2H3/t15-,19?,20?,21?,23?/m0/s1. The number of rotatable bonds is 2. The van der Waals surface area contributed by atoms with Gasteiger partial charge in [0.1, 0.15) is 12.4 Å². The molecule has 1 amide bonds. The van der Waals surface area contributed by atoms with Gasteiger partial charge in [-0.3, -0.25) is 0 Å². The predicted molar refractivity (Wildman–Crippen MR) is 129 cm³/mol. The van der Waals surface area contributed by atoms with Gasteiger partial charge in [-0.1, -0.05) is 47.8 Å². The number of nitrogens with one attached hydrogen (secondary N) is 1. The van der Waals surface area contributed by atoms with Crippen LogP contribution in [0.15, 0.2) is 18.2 Å². The van der Waals surface area contributed by atoms with E-state index in [0.717, 1.165) is 38.6 Å². The fourth-order valence-electron chi connectivity index (χ4n) is 6.54. The quantitative estimate of drug-likeness (QED) is 0.525. The summed E-state index contributed by atoms with van der Waals surface area (Å²) >= 11 is 17.4. The molecule has 5 nitrogen and oxygen atoms in total. The van der Waals surface area contributed by atoms with E-state index in [4.69, 9.17) is 39.5 Å². The van der Waals surface area contributed by atoms with E-state index in [0.29, 0.717) is 17.7 Å². The molecule has 1 heterocycles. The van der Waals surface area contributed by atoms with Crippen LogP contribution in [0.2, 0.25) is 0 Å². The summed E-state index contributed by atoms with van der Waals surface area (Å²) in [6.45, 7) is 3.09. The molecule has 2 aliphatic carbocycles. The lowest BCUT2D eigenvalue weighted by Crippen LogP contribution is -2.51.